The number of carbonyl (C=O) groups is 1. The molecular weight excluding hydrogens is 280 g/mol. The van der Waals surface area contributed by atoms with Crippen LogP contribution in [-0.4, -0.2) is 34.0 Å². The van der Waals surface area contributed by atoms with E-state index in [0.29, 0.717) is 11.3 Å². The minimum atomic E-state index is -3.52. The fraction of sp³-hybridized carbons (Fsp3) is 0.462. The average Bonchev–Trinajstić information content (AvgIpc) is 2.35. The summed E-state index contributed by atoms with van der Waals surface area (Å²) in [5, 5.41) is 2.44. The number of carbonyl (C=O) groups excluding carboxylic acids is 1. The topological polar surface area (TPSA) is 84.5 Å². The predicted molar refractivity (Wildman–Crippen MR) is 76.2 cm³/mol. The van der Waals surface area contributed by atoms with Crippen LogP contribution in [0.5, 0.6) is 5.75 Å². The van der Waals surface area contributed by atoms with E-state index in [9.17, 15) is 13.2 Å². The molecule has 0 radical (unpaired) electrons. The van der Waals surface area contributed by atoms with Crippen LogP contribution in [0.2, 0.25) is 0 Å². The highest BCUT2D eigenvalue weighted by Gasteiger charge is 2.16. The van der Waals surface area contributed by atoms with Crippen molar-refractivity contribution in [3.63, 3.8) is 0 Å². The lowest BCUT2D eigenvalue weighted by molar-refractivity contribution is -0.122. The van der Waals surface area contributed by atoms with Gasteiger partial charge in [-0.1, -0.05) is 0 Å². The first-order chi connectivity index (χ1) is 9.26. The molecule has 7 heteroatoms. The Bertz CT molecular complexity index is 582. The Morgan fingerprint density at radius 1 is 1.35 bits per heavy atom. The molecule has 0 heterocycles. The Balaban J connectivity index is 2.90. The van der Waals surface area contributed by atoms with E-state index in [2.05, 4.69) is 10.0 Å². The summed E-state index contributed by atoms with van der Waals surface area (Å²) < 4.78 is 31.8. The molecule has 0 aliphatic carbocycles. The number of sulfonamides is 1. The molecule has 0 bridgehead atoms. The van der Waals surface area contributed by atoms with Crippen molar-refractivity contribution in [1.82, 2.24) is 10.0 Å². The van der Waals surface area contributed by atoms with Gasteiger partial charge in [0.2, 0.25) is 10.0 Å². The number of benzene rings is 1. The SMILES string of the molecule is CNC(=O)COc1ccc(S(=O)(=O)NC(C)C)cc1C. The van der Waals surface area contributed by atoms with Gasteiger partial charge < -0.3 is 10.1 Å². The van der Waals surface area contributed by atoms with Crippen LogP contribution in [0.3, 0.4) is 0 Å². The van der Waals surface area contributed by atoms with Crippen molar-refractivity contribution in [2.45, 2.75) is 31.7 Å². The normalized spacial score (nSPS) is 11.4. The molecule has 1 aromatic carbocycles. The summed E-state index contributed by atoms with van der Waals surface area (Å²) >= 11 is 0. The average molecular weight is 300 g/mol. The second-order valence-electron chi connectivity index (χ2n) is 4.67. The van der Waals surface area contributed by atoms with E-state index in [1.807, 2.05) is 0 Å². The highest BCUT2D eigenvalue weighted by molar-refractivity contribution is 7.89. The van der Waals surface area contributed by atoms with E-state index in [-0.39, 0.29) is 23.5 Å². The number of nitrogens with one attached hydrogen (secondary N) is 2. The number of likely N-dealkylation sites (N-methyl/N-ethyl adjacent to an activating group) is 1. The van der Waals surface area contributed by atoms with Crippen LogP contribution in [-0.2, 0) is 14.8 Å². The Hall–Kier alpha value is -1.60. The first-order valence-electron chi connectivity index (χ1n) is 6.22. The van der Waals surface area contributed by atoms with E-state index >= 15 is 0 Å². The molecule has 0 saturated heterocycles. The molecule has 0 fully saturated rings. The molecule has 0 atom stereocenters. The van der Waals surface area contributed by atoms with Gasteiger partial charge in [0, 0.05) is 13.1 Å². The van der Waals surface area contributed by atoms with Gasteiger partial charge in [0.05, 0.1) is 4.90 Å². The van der Waals surface area contributed by atoms with Crippen LogP contribution < -0.4 is 14.8 Å². The minimum absolute atomic E-state index is 0.103. The van der Waals surface area contributed by atoms with Crippen LogP contribution in [0.1, 0.15) is 19.4 Å². The third kappa shape index (κ3) is 4.50. The summed E-state index contributed by atoms with van der Waals surface area (Å²) in [6.07, 6.45) is 0. The summed E-state index contributed by atoms with van der Waals surface area (Å²) in [6.45, 7) is 5.14. The second kappa shape index (κ2) is 6.71. The van der Waals surface area contributed by atoms with Crippen molar-refractivity contribution in [1.29, 1.82) is 0 Å². The summed E-state index contributed by atoms with van der Waals surface area (Å²) in [5.74, 6) is 0.236. The smallest absolute Gasteiger partial charge is 0.257 e. The number of hydrogen-bond donors (Lipinski definition) is 2. The van der Waals surface area contributed by atoms with Crippen molar-refractivity contribution in [2.75, 3.05) is 13.7 Å². The van der Waals surface area contributed by atoms with Gasteiger partial charge in [-0.3, -0.25) is 4.79 Å². The lowest BCUT2D eigenvalue weighted by Gasteiger charge is -2.12. The highest BCUT2D eigenvalue weighted by Crippen LogP contribution is 2.21. The number of ether oxygens (including phenoxy) is 1. The molecule has 1 aromatic rings. The van der Waals surface area contributed by atoms with Gasteiger partial charge in [-0.15, -0.1) is 0 Å². The van der Waals surface area contributed by atoms with Gasteiger partial charge in [-0.2, -0.15) is 0 Å². The molecule has 6 nitrogen and oxygen atoms in total. The molecule has 0 aliphatic heterocycles. The number of aryl methyl sites for hydroxylation is 1. The Morgan fingerprint density at radius 3 is 2.50 bits per heavy atom. The molecule has 2 N–H and O–H groups in total. The summed E-state index contributed by atoms with van der Waals surface area (Å²) in [7, 11) is -2.00. The van der Waals surface area contributed by atoms with Crippen molar-refractivity contribution in [3.8, 4) is 5.75 Å². The zero-order chi connectivity index (χ0) is 15.3. The molecule has 20 heavy (non-hydrogen) atoms. The molecule has 1 rings (SSSR count). The number of hydrogen-bond acceptors (Lipinski definition) is 4. The molecule has 0 spiro atoms. The lowest BCUT2D eigenvalue weighted by Crippen LogP contribution is -2.30. The van der Waals surface area contributed by atoms with Gasteiger partial charge >= 0.3 is 0 Å². The molecule has 112 valence electrons. The largest absolute Gasteiger partial charge is 0.484 e. The standard InChI is InChI=1S/C13H20N2O4S/c1-9(2)15-20(17,18)11-5-6-12(10(3)7-11)19-8-13(16)14-4/h5-7,9,15H,8H2,1-4H3,(H,14,16). The molecule has 0 aromatic heterocycles. The monoisotopic (exact) mass is 300 g/mol. The molecule has 0 aliphatic rings. The number of amides is 1. The third-order valence-corrected chi connectivity index (χ3v) is 4.14. The molecular formula is C13H20N2O4S. The van der Waals surface area contributed by atoms with Gasteiger partial charge in [-0.25, -0.2) is 13.1 Å². The van der Waals surface area contributed by atoms with E-state index in [0.717, 1.165) is 0 Å². The molecule has 1 amide bonds. The lowest BCUT2D eigenvalue weighted by atomic mass is 10.2. The maximum atomic E-state index is 12.0. The van der Waals surface area contributed by atoms with Gasteiger partial charge in [0.15, 0.2) is 6.61 Å². The third-order valence-electron chi connectivity index (χ3n) is 2.49. The first-order valence-corrected chi connectivity index (χ1v) is 7.71. The fourth-order valence-electron chi connectivity index (χ4n) is 1.54. The Kier molecular flexibility index (Phi) is 5.52. The van der Waals surface area contributed by atoms with Crippen molar-refractivity contribution < 1.29 is 17.9 Å². The van der Waals surface area contributed by atoms with Crippen LogP contribution in [0.25, 0.3) is 0 Å². The van der Waals surface area contributed by atoms with Crippen LogP contribution in [0.15, 0.2) is 23.1 Å². The summed E-state index contributed by atoms with van der Waals surface area (Å²) in [6, 6.07) is 4.35. The zero-order valence-corrected chi connectivity index (χ0v) is 12.9. The van der Waals surface area contributed by atoms with Crippen molar-refractivity contribution in [2.24, 2.45) is 0 Å². The van der Waals surface area contributed by atoms with Crippen LogP contribution in [0, 0.1) is 6.92 Å². The van der Waals surface area contributed by atoms with E-state index in [4.69, 9.17) is 4.74 Å². The molecule has 0 unspecified atom stereocenters. The highest BCUT2D eigenvalue weighted by atomic mass is 32.2. The summed E-state index contributed by atoms with van der Waals surface area (Å²) in [5.41, 5.74) is 0.653. The van der Waals surface area contributed by atoms with Crippen molar-refractivity contribution in [3.05, 3.63) is 23.8 Å². The Labute approximate surface area is 119 Å². The van der Waals surface area contributed by atoms with Crippen LogP contribution in [0.4, 0.5) is 0 Å². The van der Waals surface area contributed by atoms with E-state index < -0.39 is 10.0 Å². The van der Waals surface area contributed by atoms with Gasteiger partial charge in [0.25, 0.3) is 5.91 Å². The quantitative estimate of drug-likeness (QED) is 0.814. The molecule has 0 saturated carbocycles. The van der Waals surface area contributed by atoms with E-state index in [1.165, 1.54) is 19.2 Å². The summed E-state index contributed by atoms with van der Waals surface area (Å²) in [4.78, 5) is 11.3. The van der Waals surface area contributed by atoms with Gasteiger partial charge in [0.1, 0.15) is 5.75 Å². The maximum absolute atomic E-state index is 12.0. The first kappa shape index (κ1) is 16.5. The van der Waals surface area contributed by atoms with Crippen molar-refractivity contribution >= 4 is 15.9 Å². The van der Waals surface area contributed by atoms with E-state index in [1.54, 1.807) is 26.8 Å². The maximum Gasteiger partial charge on any atom is 0.257 e. The van der Waals surface area contributed by atoms with Crippen LogP contribution >= 0.6 is 0 Å². The zero-order valence-electron chi connectivity index (χ0n) is 12.1. The second-order valence-corrected chi connectivity index (χ2v) is 6.38. The fourth-order valence-corrected chi connectivity index (χ4v) is 2.88. The number of rotatable bonds is 6. The van der Waals surface area contributed by atoms with Gasteiger partial charge in [-0.05, 0) is 44.5 Å². The minimum Gasteiger partial charge on any atom is -0.484 e. The predicted octanol–water partition coefficient (Wildman–Crippen LogP) is 0.807. The Morgan fingerprint density at radius 2 is 2.00 bits per heavy atom.